The van der Waals surface area contributed by atoms with Crippen molar-refractivity contribution in [3.63, 3.8) is 0 Å². The number of aliphatic hydroxyl groups excluding tert-OH is 1. The van der Waals surface area contributed by atoms with E-state index in [2.05, 4.69) is 62.4 Å². The molecule has 0 aromatic heterocycles. The van der Waals surface area contributed by atoms with Crippen LogP contribution in [-0.2, 0) is 0 Å². The maximum absolute atomic E-state index is 10.2. The predicted molar refractivity (Wildman–Crippen MR) is 88.3 cm³/mol. The van der Waals surface area contributed by atoms with Crippen LogP contribution in [0.1, 0.15) is 44.6 Å². The third-order valence-corrected chi connectivity index (χ3v) is 5.55. The minimum absolute atomic E-state index is 0.0915. The summed E-state index contributed by atoms with van der Waals surface area (Å²) in [6.45, 7) is 4.41. The molecule has 1 heteroatoms. The second kappa shape index (κ2) is 5.65. The largest absolute Gasteiger partial charge is 0.393 e. The van der Waals surface area contributed by atoms with Gasteiger partial charge in [-0.1, -0.05) is 68.4 Å². The molecular weight excluding hydrogens is 256 g/mol. The van der Waals surface area contributed by atoms with E-state index in [1.54, 1.807) is 0 Å². The van der Waals surface area contributed by atoms with Crippen LogP contribution in [0.3, 0.4) is 0 Å². The van der Waals surface area contributed by atoms with Crippen molar-refractivity contribution in [2.24, 2.45) is 5.41 Å². The quantitative estimate of drug-likeness (QED) is 0.834. The highest BCUT2D eigenvalue weighted by Crippen LogP contribution is 2.57. The van der Waals surface area contributed by atoms with Gasteiger partial charge in [0, 0.05) is 5.41 Å². The Labute approximate surface area is 127 Å². The number of rotatable bonds is 4. The maximum atomic E-state index is 10.2. The molecule has 3 rings (SSSR count). The summed E-state index contributed by atoms with van der Waals surface area (Å²) in [6.07, 6.45) is 2.88. The summed E-state index contributed by atoms with van der Waals surface area (Å²) < 4.78 is 0. The Morgan fingerprint density at radius 2 is 1.48 bits per heavy atom. The van der Waals surface area contributed by atoms with E-state index in [1.165, 1.54) is 16.7 Å². The zero-order valence-electron chi connectivity index (χ0n) is 12.9. The molecule has 2 atom stereocenters. The fourth-order valence-corrected chi connectivity index (χ4v) is 3.98. The molecule has 1 aliphatic rings. The fraction of sp³-hybridized carbons (Fsp3) is 0.400. The highest BCUT2D eigenvalue weighted by molar-refractivity contribution is 5.63. The predicted octanol–water partition coefficient (Wildman–Crippen LogP) is 5.01. The van der Waals surface area contributed by atoms with Crippen molar-refractivity contribution in [3.8, 4) is 11.1 Å². The van der Waals surface area contributed by atoms with E-state index in [-0.39, 0.29) is 11.5 Å². The molecule has 21 heavy (non-hydrogen) atoms. The van der Waals surface area contributed by atoms with Gasteiger partial charge in [0.1, 0.15) is 0 Å². The Hall–Kier alpha value is -1.60. The third kappa shape index (κ3) is 2.30. The van der Waals surface area contributed by atoms with Crippen molar-refractivity contribution >= 4 is 0 Å². The van der Waals surface area contributed by atoms with E-state index >= 15 is 0 Å². The SMILES string of the molecule is CCC1(CC)C(O)CC1c1ccc(-c2ccccc2)cc1. The van der Waals surface area contributed by atoms with Gasteiger partial charge in [0.05, 0.1) is 6.10 Å². The van der Waals surface area contributed by atoms with Gasteiger partial charge in [-0.05, 0) is 41.9 Å². The molecule has 110 valence electrons. The van der Waals surface area contributed by atoms with Gasteiger partial charge in [0.25, 0.3) is 0 Å². The Kier molecular flexibility index (Phi) is 3.86. The number of benzene rings is 2. The van der Waals surface area contributed by atoms with Crippen molar-refractivity contribution in [3.05, 3.63) is 60.2 Å². The monoisotopic (exact) mass is 280 g/mol. The zero-order chi connectivity index (χ0) is 14.9. The van der Waals surface area contributed by atoms with Crippen LogP contribution in [0.5, 0.6) is 0 Å². The molecule has 2 unspecified atom stereocenters. The Balaban J connectivity index is 1.85. The number of hydrogen-bond acceptors (Lipinski definition) is 1. The average Bonchev–Trinajstić information content (AvgIpc) is 2.55. The fourth-order valence-electron chi connectivity index (χ4n) is 3.98. The lowest BCUT2D eigenvalue weighted by Crippen LogP contribution is -2.50. The van der Waals surface area contributed by atoms with Gasteiger partial charge in [-0.15, -0.1) is 0 Å². The van der Waals surface area contributed by atoms with Crippen molar-refractivity contribution in [2.45, 2.75) is 45.1 Å². The number of aliphatic hydroxyl groups is 1. The van der Waals surface area contributed by atoms with E-state index in [0.717, 1.165) is 19.3 Å². The second-order valence-corrected chi connectivity index (χ2v) is 6.23. The highest BCUT2D eigenvalue weighted by Gasteiger charge is 2.52. The lowest BCUT2D eigenvalue weighted by molar-refractivity contribution is -0.0931. The molecule has 0 spiro atoms. The summed E-state index contributed by atoms with van der Waals surface area (Å²) in [4.78, 5) is 0. The summed E-state index contributed by atoms with van der Waals surface area (Å²) >= 11 is 0. The lowest BCUT2D eigenvalue weighted by atomic mass is 9.53. The molecule has 1 saturated carbocycles. The standard InChI is InChI=1S/C20H24O/c1-3-20(4-2)18(14-19(20)21)17-12-10-16(11-13-17)15-8-6-5-7-9-15/h5-13,18-19,21H,3-4,14H2,1-2H3. The molecule has 2 aromatic rings. The van der Waals surface area contributed by atoms with Gasteiger partial charge >= 0.3 is 0 Å². The molecule has 0 saturated heterocycles. The molecular formula is C20H24O. The van der Waals surface area contributed by atoms with Crippen molar-refractivity contribution in [2.75, 3.05) is 0 Å². The van der Waals surface area contributed by atoms with Crippen LogP contribution in [-0.4, -0.2) is 11.2 Å². The lowest BCUT2D eigenvalue weighted by Gasteiger charge is -2.54. The molecule has 0 bridgehead atoms. The summed E-state index contributed by atoms with van der Waals surface area (Å²) in [5.74, 6) is 0.507. The summed E-state index contributed by atoms with van der Waals surface area (Å²) in [5.41, 5.74) is 3.99. The first kappa shape index (κ1) is 14.3. The first-order valence-corrected chi connectivity index (χ1v) is 8.04. The van der Waals surface area contributed by atoms with Crippen LogP contribution in [0, 0.1) is 5.41 Å². The summed E-state index contributed by atoms with van der Waals surface area (Å²) in [6, 6.07) is 19.4. The molecule has 1 N–H and O–H groups in total. The summed E-state index contributed by atoms with van der Waals surface area (Å²) in [5, 5.41) is 10.2. The van der Waals surface area contributed by atoms with Gasteiger partial charge in [-0.3, -0.25) is 0 Å². The first-order valence-electron chi connectivity index (χ1n) is 8.04. The Bertz CT molecular complexity index is 581. The molecule has 0 aliphatic heterocycles. The van der Waals surface area contributed by atoms with Gasteiger partial charge in [0.15, 0.2) is 0 Å². The van der Waals surface area contributed by atoms with E-state index in [4.69, 9.17) is 0 Å². The van der Waals surface area contributed by atoms with Crippen LogP contribution in [0.15, 0.2) is 54.6 Å². The second-order valence-electron chi connectivity index (χ2n) is 6.23. The first-order chi connectivity index (χ1) is 10.2. The summed E-state index contributed by atoms with van der Waals surface area (Å²) in [7, 11) is 0. The highest BCUT2D eigenvalue weighted by atomic mass is 16.3. The third-order valence-electron chi connectivity index (χ3n) is 5.55. The van der Waals surface area contributed by atoms with E-state index in [1.807, 2.05) is 6.07 Å². The average molecular weight is 280 g/mol. The van der Waals surface area contributed by atoms with Crippen molar-refractivity contribution in [1.82, 2.24) is 0 Å². The molecule has 1 nitrogen and oxygen atoms in total. The van der Waals surface area contributed by atoms with Gasteiger partial charge in [-0.25, -0.2) is 0 Å². The van der Waals surface area contributed by atoms with Crippen molar-refractivity contribution < 1.29 is 5.11 Å². The molecule has 0 heterocycles. The van der Waals surface area contributed by atoms with Crippen LogP contribution < -0.4 is 0 Å². The van der Waals surface area contributed by atoms with Crippen LogP contribution >= 0.6 is 0 Å². The van der Waals surface area contributed by atoms with Gasteiger partial charge < -0.3 is 5.11 Å². The maximum Gasteiger partial charge on any atom is 0.0608 e. The van der Waals surface area contributed by atoms with Gasteiger partial charge in [-0.2, -0.15) is 0 Å². The van der Waals surface area contributed by atoms with E-state index in [0.29, 0.717) is 5.92 Å². The molecule has 0 amide bonds. The molecule has 1 aliphatic carbocycles. The van der Waals surface area contributed by atoms with Gasteiger partial charge in [0.2, 0.25) is 0 Å². The minimum Gasteiger partial charge on any atom is -0.393 e. The Morgan fingerprint density at radius 3 is 2.00 bits per heavy atom. The minimum atomic E-state index is -0.133. The molecule has 0 radical (unpaired) electrons. The van der Waals surface area contributed by atoms with E-state index in [9.17, 15) is 5.11 Å². The van der Waals surface area contributed by atoms with Crippen LogP contribution in [0.4, 0.5) is 0 Å². The Morgan fingerprint density at radius 1 is 0.905 bits per heavy atom. The topological polar surface area (TPSA) is 20.2 Å². The van der Waals surface area contributed by atoms with Crippen LogP contribution in [0.25, 0.3) is 11.1 Å². The molecule has 2 aromatic carbocycles. The number of hydrogen-bond donors (Lipinski definition) is 1. The van der Waals surface area contributed by atoms with Crippen molar-refractivity contribution in [1.29, 1.82) is 0 Å². The zero-order valence-corrected chi connectivity index (χ0v) is 12.9. The van der Waals surface area contributed by atoms with Crippen LogP contribution in [0.2, 0.25) is 0 Å². The van der Waals surface area contributed by atoms with E-state index < -0.39 is 0 Å². The smallest absolute Gasteiger partial charge is 0.0608 e. The normalized spacial score (nSPS) is 23.6. The molecule has 1 fully saturated rings.